The van der Waals surface area contributed by atoms with Crippen molar-refractivity contribution in [1.82, 2.24) is 5.01 Å². The molecule has 0 saturated heterocycles. The lowest BCUT2D eigenvalue weighted by Crippen LogP contribution is -2.35. The summed E-state index contributed by atoms with van der Waals surface area (Å²) >= 11 is 0. The van der Waals surface area contributed by atoms with Crippen molar-refractivity contribution < 1.29 is 0 Å². The van der Waals surface area contributed by atoms with Gasteiger partial charge in [0.15, 0.2) is 0 Å². The molecule has 1 aliphatic carbocycles. The second-order valence-corrected chi connectivity index (χ2v) is 9.41. The number of rotatable bonds is 8. The van der Waals surface area contributed by atoms with E-state index in [0.717, 1.165) is 6.42 Å². The topological polar surface area (TPSA) is 15.6 Å². The van der Waals surface area contributed by atoms with E-state index in [-0.39, 0.29) is 11.3 Å². The monoisotopic (exact) mass is 372 g/mol. The molecular weight excluding hydrogens is 328 g/mol. The Hall–Kier alpha value is -1.27. The van der Waals surface area contributed by atoms with E-state index in [1.165, 1.54) is 56.2 Å². The van der Waals surface area contributed by atoms with Gasteiger partial charge in [-0.2, -0.15) is 5.10 Å². The molecular formula is C25H44N2. The second kappa shape index (κ2) is 11.5. The third kappa shape index (κ3) is 7.70. The smallest absolute Gasteiger partial charge is 0.0696 e. The van der Waals surface area contributed by atoms with Gasteiger partial charge in [-0.05, 0) is 43.8 Å². The van der Waals surface area contributed by atoms with Gasteiger partial charge in [0.1, 0.15) is 0 Å². The van der Waals surface area contributed by atoms with Crippen LogP contribution in [0.1, 0.15) is 92.9 Å². The quantitative estimate of drug-likeness (QED) is 0.246. The molecule has 1 saturated carbocycles. The Morgan fingerprint density at radius 1 is 1.15 bits per heavy atom. The lowest BCUT2D eigenvalue weighted by Gasteiger charge is -2.35. The van der Waals surface area contributed by atoms with Gasteiger partial charge < -0.3 is 0 Å². The summed E-state index contributed by atoms with van der Waals surface area (Å²) in [5.41, 5.74) is 5.57. The van der Waals surface area contributed by atoms with Crippen molar-refractivity contribution in [2.24, 2.45) is 22.4 Å². The Bertz CT molecular complexity index is 539. The number of hydrogen-bond acceptors (Lipinski definition) is 2. The van der Waals surface area contributed by atoms with Gasteiger partial charge in [-0.1, -0.05) is 79.4 Å². The maximum absolute atomic E-state index is 5.29. The zero-order valence-corrected chi connectivity index (χ0v) is 19.1. The summed E-state index contributed by atoms with van der Waals surface area (Å²) in [5, 5.41) is 7.57. The van der Waals surface area contributed by atoms with Crippen molar-refractivity contribution >= 4 is 5.71 Å². The zero-order chi connectivity index (χ0) is 20.4. The SMILES string of the molecule is C=C=CC(C)C(=C/C)/C(=N\N(C)C1CCCCCCC1)C(C)(C)CC(C)C. The highest BCUT2D eigenvalue weighted by Gasteiger charge is 2.31. The Labute approximate surface area is 169 Å². The first-order valence-electron chi connectivity index (χ1n) is 11.1. The third-order valence-electron chi connectivity index (χ3n) is 5.86. The largest absolute Gasteiger partial charge is 0.297 e. The predicted molar refractivity (Wildman–Crippen MR) is 121 cm³/mol. The standard InChI is InChI=1S/C25H44N2/c1-9-16-21(5)23(10-2)24(25(6,7)19-20(3)4)26-27(8)22-17-14-12-11-13-15-18-22/h10,16,20-22H,1,11-15,17-19H2,2-8H3/b23-10-,26-24+. The Kier molecular flexibility index (Phi) is 10.2. The van der Waals surface area contributed by atoms with E-state index in [1.807, 2.05) is 0 Å². The Morgan fingerprint density at radius 2 is 1.70 bits per heavy atom. The third-order valence-corrected chi connectivity index (χ3v) is 5.86. The average Bonchev–Trinajstić information content (AvgIpc) is 2.53. The van der Waals surface area contributed by atoms with Gasteiger partial charge in [-0.25, -0.2) is 0 Å². The summed E-state index contributed by atoms with van der Waals surface area (Å²) < 4.78 is 0. The van der Waals surface area contributed by atoms with Gasteiger partial charge in [0.2, 0.25) is 0 Å². The van der Waals surface area contributed by atoms with Crippen LogP contribution in [0.15, 0.2) is 35.1 Å². The van der Waals surface area contributed by atoms with Crippen LogP contribution in [0.25, 0.3) is 0 Å². The molecule has 0 radical (unpaired) electrons. The normalized spacial score (nSPS) is 19.3. The van der Waals surface area contributed by atoms with Crippen molar-refractivity contribution in [3.63, 3.8) is 0 Å². The highest BCUT2D eigenvalue weighted by atomic mass is 15.5. The molecule has 0 aliphatic heterocycles. The Morgan fingerprint density at radius 3 is 2.19 bits per heavy atom. The van der Waals surface area contributed by atoms with E-state index in [4.69, 9.17) is 5.10 Å². The van der Waals surface area contributed by atoms with E-state index in [2.05, 4.69) is 78.1 Å². The maximum atomic E-state index is 5.29. The minimum absolute atomic E-state index is 0.0369. The van der Waals surface area contributed by atoms with Crippen LogP contribution >= 0.6 is 0 Å². The number of hydrazone groups is 1. The second-order valence-electron chi connectivity index (χ2n) is 9.41. The highest BCUT2D eigenvalue weighted by Crippen LogP contribution is 2.34. The first kappa shape index (κ1) is 23.8. The molecule has 2 heteroatoms. The fourth-order valence-electron chi connectivity index (χ4n) is 4.63. The minimum Gasteiger partial charge on any atom is -0.297 e. The lowest BCUT2D eigenvalue weighted by atomic mass is 9.74. The predicted octanol–water partition coefficient (Wildman–Crippen LogP) is 7.38. The van der Waals surface area contributed by atoms with Gasteiger partial charge in [0.05, 0.1) is 5.71 Å². The van der Waals surface area contributed by atoms with E-state index in [1.54, 1.807) is 0 Å². The molecule has 0 amide bonds. The van der Waals surface area contributed by atoms with Crippen LogP contribution in [0.5, 0.6) is 0 Å². The minimum atomic E-state index is 0.0369. The molecule has 0 bridgehead atoms. The van der Waals surface area contributed by atoms with Gasteiger partial charge >= 0.3 is 0 Å². The summed E-state index contributed by atoms with van der Waals surface area (Å²) in [6.45, 7) is 17.5. The van der Waals surface area contributed by atoms with Crippen molar-refractivity contribution in [2.45, 2.75) is 99.0 Å². The summed E-state index contributed by atoms with van der Waals surface area (Å²) in [7, 11) is 2.19. The van der Waals surface area contributed by atoms with E-state index >= 15 is 0 Å². The Balaban J connectivity index is 3.24. The van der Waals surface area contributed by atoms with Crippen LogP contribution in [0, 0.1) is 17.3 Å². The van der Waals surface area contributed by atoms with E-state index < -0.39 is 0 Å². The van der Waals surface area contributed by atoms with Crippen molar-refractivity contribution in [1.29, 1.82) is 0 Å². The number of nitrogens with zero attached hydrogens (tertiary/aromatic N) is 2. The van der Waals surface area contributed by atoms with Gasteiger partial charge in [-0.3, -0.25) is 5.01 Å². The van der Waals surface area contributed by atoms with Gasteiger partial charge in [0.25, 0.3) is 0 Å². The highest BCUT2D eigenvalue weighted by molar-refractivity contribution is 6.04. The number of hydrogen-bond donors (Lipinski definition) is 0. The maximum Gasteiger partial charge on any atom is 0.0696 e. The summed E-state index contributed by atoms with van der Waals surface area (Å²) in [5.74, 6) is 0.920. The molecule has 1 fully saturated rings. The molecule has 27 heavy (non-hydrogen) atoms. The fourth-order valence-corrected chi connectivity index (χ4v) is 4.63. The molecule has 1 unspecified atom stereocenters. The van der Waals surface area contributed by atoms with E-state index in [0.29, 0.717) is 12.0 Å². The fraction of sp³-hybridized carbons (Fsp3) is 0.760. The molecule has 154 valence electrons. The molecule has 0 aromatic heterocycles. The molecule has 1 aliphatic rings. The molecule has 0 spiro atoms. The molecule has 0 aromatic rings. The molecule has 2 nitrogen and oxygen atoms in total. The summed E-state index contributed by atoms with van der Waals surface area (Å²) in [4.78, 5) is 0. The zero-order valence-electron chi connectivity index (χ0n) is 19.1. The molecule has 1 rings (SSSR count). The molecule has 0 heterocycles. The average molecular weight is 373 g/mol. The van der Waals surface area contributed by atoms with Crippen LogP contribution < -0.4 is 0 Å². The first-order chi connectivity index (χ1) is 12.7. The van der Waals surface area contributed by atoms with Crippen molar-refractivity contribution in [3.05, 3.63) is 30.0 Å². The summed E-state index contributed by atoms with van der Waals surface area (Å²) in [6, 6.07) is 0.568. The van der Waals surface area contributed by atoms with Crippen molar-refractivity contribution in [3.8, 4) is 0 Å². The first-order valence-corrected chi connectivity index (χ1v) is 11.1. The number of allylic oxidation sites excluding steroid dienone is 3. The van der Waals surface area contributed by atoms with Crippen LogP contribution in [0.3, 0.4) is 0 Å². The van der Waals surface area contributed by atoms with Crippen molar-refractivity contribution in [2.75, 3.05) is 7.05 Å². The van der Waals surface area contributed by atoms with Gasteiger partial charge in [-0.15, -0.1) is 5.73 Å². The van der Waals surface area contributed by atoms with Crippen LogP contribution in [-0.4, -0.2) is 23.8 Å². The van der Waals surface area contributed by atoms with E-state index in [9.17, 15) is 0 Å². The van der Waals surface area contributed by atoms with Gasteiger partial charge in [0, 0.05) is 24.4 Å². The molecule has 0 aromatic carbocycles. The molecule has 0 N–H and O–H groups in total. The molecule has 1 atom stereocenters. The van der Waals surface area contributed by atoms with Crippen LogP contribution in [0.2, 0.25) is 0 Å². The summed E-state index contributed by atoms with van der Waals surface area (Å²) in [6.07, 6.45) is 14.8. The van der Waals surface area contributed by atoms with Crippen LogP contribution in [-0.2, 0) is 0 Å². The lowest BCUT2D eigenvalue weighted by molar-refractivity contribution is 0.207. The van der Waals surface area contributed by atoms with Crippen LogP contribution in [0.4, 0.5) is 0 Å².